The normalized spacial score (nSPS) is 13.6. The summed E-state index contributed by atoms with van der Waals surface area (Å²) in [5.41, 5.74) is 6.79. The Bertz CT molecular complexity index is 1650. The number of anilines is 1. The maximum atomic E-state index is 13.7. The molecule has 0 radical (unpaired) electrons. The molecular weight excluding hydrogens is 544 g/mol. The number of hydrogen-bond acceptors (Lipinski definition) is 5. The zero-order valence-corrected chi connectivity index (χ0v) is 25.1. The molecule has 7 heteroatoms. The molecule has 0 atom stereocenters. The van der Waals surface area contributed by atoms with Crippen LogP contribution in [0.3, 0.4) is 0 Å². The van der Waals surface area contributed by atoms with Gasteiger partial charge in [0.1, 0.15) is 11.5 Å². The molecule has 0 unspecified atom stereocenters. The summed E-state index contributed by atoms with van der Waals surface area (Å²) in [6.45, 7) is 5.11. The minimum absolute atomic E-state index is 0.0321. The molecule has 0 aromatic heterocycles. The summed E-state index contributed by atoms with van der Waals surface area (Å²) in [6, 6.07) is 27.3. The molecule has 1 aliphatic heterocycles. The highest BCUT2D eigenvalue weighted by Crippen LogP contribution is 2.42. The monoisotopic (exact) mass is 578 g/mol. The summed E-state index contributed by atoms with van der Waals surface area (Å²) in [5, 5.41) is 2.98. The summed E-state index contributed by atoms with van der Waals surface area (Å²) >= 11 is 1.48. The minimum atomic E-state index is -0.154. The second-order valence-electron chi connectivity index (χ2n) is 10.2. The Morgan fingerprint density at radius 3 is 2.45 bits per heavy atom. The van der Waals surface area contributed by atoms with Crippen LogP contribution in [0.25, 0.3) is 6.08 Å². The van der Waals surface area contributed by atoms with Crippen LogP contribution in [0.5, 0.6) is 11.5 Å². The average Bonchev–Trinajstić information content (AvgIpc) is 3.01. The van der Waals surface area contributed by atoms with Gasteiger partial charge in [0.05, 0.1) is 31.4 Å². The van der Waals surface area contributed by atoms with Gasteiger partial charge in [-0.2, -0.15) is 0 Å². The van der Waals surface area contributed by atoms with Gasteiger partial charge in [-0.15, -0.1) is 0 Å². The van der Waals surface area contributed by atoms with E-state index in [1.54, 1.807) is 26.4 Å². The molecule has 0 saturated carbocycles. The van der Waals surface area contributed by atoms with Gasteiger partial charge < -0.3 is 19.7 Å². The Hall–Kier alpha value is -4.49. The van der Waals surface area contributed by atoms with Crippen molar-refractivity contribution < 1.29 is 19.1 Å². The van der Waals surface area contributed by atoms with Crippen LogP contribution in [0.4, 0.5) is 5.69 Å². The molecule has 0 aliphatic carbocycles. The number of thioether (sulfide) groups is 1. The quantitative estimate of drug-likeness (QED) is 0.217. The van der Waals surface area contributed by atoms with E-state index >= 15 is 0 Å². The lowest BCUT2D eigenvalue weighted by molar-refractivity contribution is -0.114. The molecule has 1 heterocycles. The smallest absolute Gasteiger partial charge is 0.265 e. The largest absolute Gasteiger partial charge is 0.497 e. The highest BCUT2D eigenvalue weighted by Gasteiger charge is 2.29. The lowest BCUT2D eigenvalue weighted by Crippen LogP contribution is -2.34. The van der Waals surface area contributed by atoms with E-state index in [4.69, 9.17) is 9.47 Å². The zero-order chi connectivity index (χ0) is 29.6. The Morgan fingerprint density at radius 2 is 1.69 bits per heavy atom. The predicted octanol–water partition coefficient (Wildman–Crippen LogP) is 6.97. The van der Waals surface area contributed by atoms with Crippen LogP contribution in [-0.2, 0) is 17.8 Å². The highest BCUT2D eigenvalue weighted by molar-refractivity contribution is 8.04. The number of para-hydroxylation sites is 1. The molecule has 1 N–H and O–H groups in total. The topological polar surface area (TPSA) is 67.9 Å². The maximum Gasteiger partial charge on any atom is 0.265 e. The molecule has 0 bridgehead atoms. The molecule has 0 spiro atoms. The van der Waals surface area contributed by atoms with Crippen LogP contribution in [0, 0.1) is 13.8 Å². The highest BCUT2D eigenvalue weighted by atomic mass is 32.2. The third kappa shape index (κ3) is 6.52. The van der Waals surface area contributed by atoms with Crippen LogP contribution < -0.4 is 19.7 Å². The fourth-order valence-electron chi connectivity index (χ4n) is 4.91. The van der Waals surface area contributed by atoms with E-state index in [0.717, 1.165) is 44.3 Å². The SMILES string of the molecule is COc1ccc(CCNC(=O)c2ccc(/C=C3\Sc4ccccc4N(Cc4cc(C)ccc4C)C3=O)cc2)c(OC)c1. The van der Waals surface area contributed by atoms with E-state index < -0.39 is 0 Å². The number of carbonyl (C=O) groups is 2. The Balaban J connectivity index is 1.28. The molecule has 2 amide bonds. The Kier molecular flexibility index (Phi) is 8.98. The molecule has 0 saturated heterocycles. The number of hydrogen-bond donors (Lipinski definition) is 1. The van der Waals surface area contributed by atoms with E-state index in [1.807, 2.05) is 65.6 Å². The zero-order valence-electron chi connectivity index (χ0n) is 24.3. The van der Waals surface area contributed by atoms with Crippen molar-refractivity contribution in [2.75, 3.05) is 25.7 Å². The van der Waals surface area contributed by atoms with Gasteiger partial charge in [0, 0.05) is 23.1 Å². The number of carbonyl (C=O) groups excluding carboxylic acids is 2. The Morgan fingerprint density at radius 1 is 0.905 bits per heavy atom. The second-order valence-corrected chi connectivity index (χ2v) is 11.3. The summed E-state index contributed by atoms with van der Waals surface area (Å²) < 4.78 is 10.7. The van der Waals surface area contributed by atoms with Crippen molar-refractivity contribution >= 4 is 35.3 Å². The van der Waals surface area contributed by atoms with Gasteiger partial charge in [0.25, 0.3) is 11.8 Å². The predicted molar refractivity (Wildman–Crippen MR) is 169 cm³/mol. The number of benzene rings is 4. The van der Waals surface area contributed by atoms with E-state index in [1.165, 1.54) is 17.3 Å². The number of ether oxygens (including phenoxy) is 2. The minimum Gasteiger partial charge on any atom is -0.497 e. The van der Waals surface area contributed by atoms with Gasteiger partial charge in [0.15, 0.2) is 0 Å². The van der Waals surface area contributed by atoms with Crippen LogP contribution >= 0.6 is 11.8 Å². The number of aryl methyl sites for hydroxylation is 2. The van der Waals surface area contributed by atoms with Gasteiger partial charge in [-0.1, -0.05) is 65.9 Å². The third-order valence-electron chi connectivity index (χ3n) is 7.31. The van der Waals surface area contributed by atoms with E-state index in [2.05, 4.69) is 37.4 Å². The van der Waals surface area contributed by atoms with Crippen LogP contribution in [0.1, 0.15) is 38.2 Å². The fraction of sp³-hybridized carbons (Fsp3) is 0.200. The van der Waals surface area contributed by atoms with Gasteiger partial charge in [-0.25, -0.2) is 0 Å². The Labute approximate surface area is 251 Å². The molecule has 6 nitrogen and oxygen atoms in total. The maximum absolute atomic E-state index is 13.7. The van der Waals surface area contributed by atoms with Crippen molar-refractivity contribution in [1.82, 2.24) is 5.32 Å². The third-order valence-corrected chi connectivity index (χ3v) is 8.39. The summed E-state index contributed by atoms with van der Waals surface area (Å²) in [6.07, 6.45) is 2.53. The van der Waals surface area contributed by atoms with Crippen LogP contribution in [-0.4, -0.2) is 32.6 Å². The number of nitrogens with one attached hydrogen (secondary N) is 1. The summed E-state index contributed by atoms with van der Waals surface area (Å²) in [7, 11) is 3.23. The summed E-state index contributed by atoms with van der Waals surface area (Å²) in [5.74, 6) is 1.27. The van der Waals surface area contributed by atoms with Crippen molar-refractivity contribution in [1.29, 1.82) is 0 Å². The molecule has 0 fully saturated rings. The molecule has 4 aromatic carbocycles. The number of amides is 2. The van der Waals surface area contributed by atoms with Crippen molar-refractivity contribution in [2.45, 2.75) is 31.7 Å². The van der Waals surface area contributed by atoms with Gasteiger partial charge in [-0.05, 0) is 78.9 Å². The number of fused-ring (bicyclic) bond motifs is 1. The number of methoxy groups -OCH3 is 2. The lowest BCUT2D eigenvalue weighted by atomic mass is 10.0. The van der Waals surface area contributed by atoms with Gasteiger partial charge in [-0.3, -0.25) is 9.59 Å². The first-order valence-corrected chi connectivity index (χ1v) is 14.6. The van der Waals surface area contributed by atoms with Crippen molar-refractivity contribution in [3.8, 4) is 11.5 Å². The lowest BCUT2D eigenvalue weighted by Gasteiger charge is -2.31. The molecule has 42 heavy (non-hydrogen) atoms. The van der Waals surface area contributed by atoms with Crippen LogP contribution in [0.2, 0.25) is 0 Å². The van der Waals surface area contributed by atoms with E-state index in [9.17, 15) is 9.59 Å². The van der Waals surface area contributed by atoms with E-state index in [0.29, 0.717) is 30.0 Å². The first-order valence-electron chi connectivity index (χ1n) is 13.8. The second kappa shape index (κ2) is 13.0. The first kappa shape index (κ1) is 29.0. The van der Waals surface area contributed by atoms with Crippen molar-refractivity contribution in [2.24, 2.45) is 0 Å². The summed E-state index contributed by atoms with van der Waals surface area (Å²) in [4.78, 5) is 30.1. The van der Waals surface area contributed by atoms with E-state index in [-0.39, 0.29) is 11.8 Å². The average molecular weight is 579 g/mol. The molecule has 214 valence electrons. The fourth-order valence-corrected chi connectivity index (χ4v) is 5.97. The number of rotatable bonds is 9. The molecule has 4 aromatic rings. The standard InChI is InChI=1S/C35H34N2O4S/c1-23-9-10-24(2)28(19-23)22-37-30-7-5-6-8-32(30)42-33(35(37)39)20-25-11-13-27(14-12-25)34(38)36-18-17-26-15-16-29(40-3)21-31(26)41-4/h5-16,19-21H,17-18,22H2,1-4H3,(H,36,38)/b33-20-. The molecular formula is C35H34N2O4S. The molecule has 5 rings (SSSR count). The van der Waals surface area contributed by atoms with Gasteiger partial charge in [0.2, 0.25) is 0 Å². The van der Waals surface area contributed by atoms with Gasteiger partial charge >= 0.3 is 0 Å². The van der Waals surface area contributed by atoms with Crippen molar-refractivity contribution in [3.05, 3.63) is 123 Å². The van der Waals surface area contributed by atoms with Crippen LogP contribution in [0.15, 0.2) is 94.7 Å². The number of nitrogens with zero attached hydrogens (tertiary/aromatic N) is 1. The first-order chi connectivity index (χ1) is 20.4. The molecule has 1 aliphatic rings. The van der Waals surface area contributed by atoms with Crippen molar-refractivity contribution in [3.63, 3.8) is 0 Å².